The van der Waals surface area contributed by atoms with Crippen LogP contribution in [0.4, 0.5) is 0 Å². The Hall–Kier alpha value is -3.28. The summed E-state index contributed by atoms with van der Waals surface area (Å²) in [6, 6.07) is 12.0. The van der Waals surface area contributed by atoms with Crippen molar-refractivity contribution in [2.75, 3.05) is 0 Å². The van der Waals surface area contributed by atoms with Crippen LogP contribution in [-0.4, -0.2) is 34.4 Å². The smallest absolute Gasteiger partial charge is 0.255 e. The highest BCUT2D eigenvalue weighted by atomic mass is 16.2. The van der Waals surface area contributed by atoms with Crippen molar-refractivity contribution in [2.24, 2.45) is 0 Å². The second kappa shape index (κ2) is 7.20. The first-order chi connectivity index (χ1) is 14.1. The Morgan fingerprint density at radius 1 is 1.00 bits per heavy atom. The van der Waals surface area contributed by atoms with Crippen molar-refractivity contribution in [1.29, 1.82) is 0 Å². The number of carbonyl (C=O) groups excluding carboxylic acids is 4. The molecule has 2 aliphatic rings. The summed E-state index contributed by atoms with van der Waals surface area (Å²) < 4.78 is 0. The van der Waals surface area contributed by atoms with Crippen molar-refractivity contribution in [3.05, 3.63) is 70.3 Å². The first-order valence-electron chi connectivity index (χ1n) is 10.1. The van der Waals surface area contributed by atoms with Gasteiger partial charge in [-0.3, -0.25) is 24.5 Å². The van der Waals surface area contributed by atoms with Crippen LogP contribution < -0.4 is 5.32 Å². The molecule has 2 heterocycles. The van der Waals surface area contributed by atoms with E-state index in [9.17, 15) is 19.2 Å². The van der Waals surface area contributed by atoms with Gasteiger partial charge in [0.15, 0.2) is 5.78 Å². The van der Waals surface area contributed by atoms with Gasteiger partial charge in [0.2, 0.25) is 11.8 Å². The Balaban J connectivity index is 1.56. The summed E-state index contributed by atoms with van der Waals surface area (Å²) in [7, 11) is 0. The third kappa shape index (κ3) is 3.54. The number of rotatable bonds is 3. The fourth-order valence-corrected chi connectivity index (χ4v) is 4.00. The lowest BCUT2D eigenvalue weighted by Crippen LogP contribution is -2.52. The van der Waals surface area contributed by atoms with Crippen LogP contribution in [0.15, 0.2) is 42.5 Å². The van der Waals surface area contributed by atoms with Crippen LogP contribution in [0.2, 0.25) is 0 Å². The maximum Gasteiger partial charge on any atom is 0.255 e. The highest BCUT2D eigenvalue weighted by molar-refractivity contribution is 6.10. The molecule has 0 aromatic heterocycles. The van der Waals surface area contributed by atoms with Gasteiger partial charge in [-0.1, -0.05) is 51.1 Å². The van der Waals surface area contributed by atoms with E-state index >= 15 is 0 Å². The van der Waals surface area contributed by atoms with Gasteiger partial charge < -0.3 is 4.90 Å². The highest BCUT2D eigenvalue weighted by Gasteiger charge is 2.39. The molecule has 154 valence electrons. The van der Waals surface area contributed by atoms with Crippen LogP contribution in [0.1, 0.15) is 71.0 Å². The Bertz CT molecular complexity index is 1060. The summed E-state index contributed by atoms with van der Waals surface area (Å²) in [5.74, 6) is -1.10. The number of hydrogen-bond acceptors (Lipinski definition) is 4. The molecule has 1 atom stereocenters. The molecular weight excluding hydrogens is 380 g/mol. The molecule has 3 amide bonds. The fraction of sp³-hybridized carbons (Fsp3) is 0.333. The molecule has 0 saturated carbocycles. The Morgan fingerprint density at radius 2 is 1.67 bits per heavy atom. The number of ketones is 1. The van der Waals surface area contributed by atoms with E-state index in [-0.39, 0.29) is 36.0 Å². The quantitative estimate of drug-likeness (QED) is 0.630. The second-order valence-electron chi connectivity index (χ2n) is 8.93. The number of fused-ring (bicyclic) bond motifs is 1. The molecule has 0 aliphatic carbocycles. The molecule has 6 heteroatoms. The van der Waals surface area contributed by atoms with Crippen molar-refractivity contribution in [2.45, 2.75) is 51.6 Å². The summed E-state index contributed by atoms with van der Waals surface area (Å²) in [4.78, 5) is 50.8. The van der Waals surface area contributed by atoms with Gasteiger partial charge >= 0.3 is 0 Å². The molecule has 1 N–H and O–H groups in total. The largest absolute Gasteiger partial charge is 0.322 e. The van der Waals surface area contributed by atoms with Crippen LogP contribution in [0.3, 0.4) is 0 Å². The third-order valence-electron chi connectivity index (χ3n) is 5.80. The van der Waals surface area contributed by atoms with Gasteiger partial charge in [0.25, 0.3) is 5.91 Å². The Kier molecular flexibility index (Phi) is 4.80. The van der Waals surface area contributed by atoms with Gasteiger partial charge in [-0.25, -0.2) is 0 Å². The molecule has 1 saturated heterocycles. The molecule has 30 heavy (non-hydrogen) atoms. The summed E-state index contributed by atoms with van der Waals surface area (Å²) in [6.07, 6.45) is 0.529. The molecule has 1 unspecified atom stereocenters. The SMILES string of the molecule is CC(C)(C)c1ccc(C(=O)c2ccc3c(c2)CN(C2CCC(=O)NC2=O)C3=O)cc1. The number of nitrogens with zero attached hydrogens (tertiary/aromatic N) is 1. The van der Waals surface area contributed by atoms with E-state index in [2.05, 4.69) is 26.1 Å². The maximum absolute atomic E-state index is 13.0. The van der Waals surface area contributed by atoms with Crippen LogP contribution in [-0.2, 0) is 21.5 Å². The van der Waals surface area contributed by atoms with Crippen LogP contribution >= 0.6 is 0 Å². The lowest BCUT2D eigenvalue weighted by atomic mass is 9.86. The molecule has 0 bridgehead atoms. The normalized spacial score (nSPS) is 19.0. The lowest BCUT2D eigenvalue weighted by molar-refractivity contribution is -0.136. The van der Waals surface area contributed by atoms with E-state index in [0.29, 0.717) is 23.1 Å². The second-order valence-corrected chi connectivity index (χ2v) is 8.93. The van der Waals surface area contributed by atoms with Gasteiger partial charge in [0.05, 0.1) is 0 Å². The third-order valence-corrected chi connectivity index (χ3v) is 5.80. The predicted molar refractivity (Wildman–Crippen MR) is 111 cm³/mol. The summed E-state index contributed by atoms with van der Waals surface area (Å²) in [5, 5.41) is 2.29. The lowest BCUT2D eigenvalue weighted by Gasteiger charge is -2.29. The van der Waals surface area contributed by atoms with E-state index in [4.69, 9.17) is 0 Å². The number of piperidine rings is 1. The molecule has 2 aromatic rings. The Labute approximate surface area is 175 Å². The molecular formula is C24H24N2O4. The zero-order valence-electron chi connectivity index (χ0n) is 17.3. The number of benzene rings is 2. The van der Waals surface area contributed by atoms with Crippen molar-refractivity contribution in [3.63, 3.8) is 0 Å². The number of amides is 3. The molecule has 1 fully saturated rings. The molecule has 2 aromatic carbocycles. The van der Waals surface area contributed by atoms with E-state index in [1.54, 1.807) is 18.2 Å². The minimum absolute atomic E-state index is 0.00892. The minimum atomic E-state index is -0.660. The Morgan fingerprint density at radius 3 is 2.30 bits per heavy atom. The summed E-state index contributed by atoms with van der Waals surface area (Å²) in [6.45, 7) is 6.62. The van der Waals surface area contributed by atoms with Crippen molar-refractivity contribution >= 4 is 23.5 Å². The predicted octanol–water partition coefficient (Wildman–Crippen LogP) is 2.98. The average molecular weight is 404 g/mol. The van der Waals surface area contributed by atoms with E-state index in [0.717, 1.165) is 11.1 Å². The summed E-state index contributed by atoms with van der Waals surface area (Å²) in [5.41, 5.74) is 3.48. The van der Waals surface area contributed by atoms with Gasteiger partial charge in [-0.15, -0.1) is 0 Å². The van der Waals surface area contributed by atoms with Gasteiger partial charge in [-0.2, -0.15) is 0 Å². The molecule has 6 nitrogen and oxygen atoms in total. The molecule has 2 aliphatic heterocycles. The van der Waals surface area contributed by atoms with Gasteiger partial charge in [0, 0.05) is 29.7 Å². The monoisotopic (exact) mass is 404 g/mol. The van der Waals surface area contributed by atoms with E-state index in [1.165, 1.54) is 4.90 Å². The topological polar surface area (TPSA) is 83.6 Å². The number of imide groups is 1. The van der Waals surface area contributed by atoms with E-state index in [1.807, 2.05) is 24.3 Å². The van der Waals surface area contributed by atoms with Crippen molar-refractivity contribution in [1.82, 2.24) is 10.2 Å². The van der Waals surface area contributed by atoms with Gasteiger partial charge in [0.1, 0.15) is 6.04 Å². The molecule has 0 spiro atoms. The fourth-order valence-electron chi connectivity index (χ4n) is 4.00. The number of carbonyl (C=O) groups is 4. The van der Waals surface area contributed by atoms with E-state index < -0.39 is 11.9 Å². The van der Waals surface area contributed by atoms with Gasteiger partial charge in [-0.05, 0) is 35.1 Å². The van der Waals surface area contributed by atoms with Crippen molar-refractivity contribution < 1.29 is 19.2 Å². The maximum atomic E-state index is 13.0. The molecule has 4 rings (SSSR count). The minimum Gasteiger partial charge on any atom is -0.322 e. The van der Waals surface area contributed by atoms with Crippen LogP contribution in [0, 0.1) is 0 Å². The molecule has 0 radical (unpaired) electrons. The summed E-state index contributed by atoms with van der Waals surface area (Å²) >= 11 is 0. The zero-order chi connectivity index (χ0) is 21.6. The number of nitrogens with one attached hydrogen (secondary N) is 1. The zero-order valence-corrected chi connectivity index (χ0v) is 17.3. The highest BCUT2D eigenvalue weighted by Crippen LogP contribution is 2.29. The first kappa shape index (κ1) is 20.0. The van der Waals surface area contributed by atoms with Crippen molar-refractivity contribution in [3.8, 4) is 0 Å². The standard InChI is InChI=1S/C24H24N2O4/c1-24(2,3)17-7-4-14(5-8-17)21(28)15-6-9-18-16(12-15)13-26(23(18)30)19-10-11-20(27)25-22(19)29/h4-9,12,19H,10-11,13H2,1-3H3,(H,25,27,29). The first-order valence-corrected chi connectivity index (χ1v) is 10.1. The number of hydrogen-bond donors (Lipinski definition) is 1. The average Bonchev–Trinajstić information content (AvgIpc) is 3.02. The van der Waals surface area contributed by atoms with Crippen LogP contribution in [0.5, 0.6) is 0 Å². The van der Waals surface area contributed by atoms with Crippen LogP contribution in [0.25, 0.3) is 0 Å².